The molecule has 0 saturated carbocycles. The van der Waals surface area contributed by atoms with Crippen LogP contribution in [0.1, 0.15) is 36.4 Å². The first-order valence-electron chi connectivity index (χ1n) is 5.83. The van der Waals surface area contributed by atoms with Crippen LogP contribution in [0.2, 0.25) is 18.1 Å². The highest BCUT2D eigenvalue weighted by atomic mass is 28.4. The molecule has 0 atom stereocenters. The van der Waals surface area contributed by atoms with Crippen LogP contribution in [-0.4, -0.2) is 26.6 Å². The molecule has 13 heavy (non-hydrogen) atoms. The summed E-state index contributed by atoms with van der Waals surface area (Å²) in [5.41, 5.74) is 0. The highest BCUT2D eigenvalue weighted by Gasteiger charge is 2.36. The topological polar surface area (TPSA) is 29.5 Å². The summed E-state index contributed by atoms with van der Waals surface area (Å²) in [6.07, 6.45) is 0.706. The molecule has 0 saturated heterocycles. The Bertz CT molecular complexity index is 200. The van der Waals surface area contributed by atoms with Crippen LogP contribution in [-0.2, 0) is 4.43 Å². The molecule has 0 unspecified atom stereocenters. The van der Waals surface area contributed by atoms with Crippen molar-refractivity contribution in [2.75, 3.05) is 13.2 Å². The Balaban J connectivity index is 4.43. The Morgan fingerprint density at radius 2 is 1.85 bits per heavy atom. The SMILES string of the molecule is [2H]C([2H])(CCCO)O[Si](C)(C)C(C)(C)C. The Morgan fingerprint density at radius 3 is 2.23 bits per heavy atom. The first kappa shape index (κ1) is 9.68. The number of aliphatic hydroxyl groups is 1. The van der Waals surface area contributed by atoms with Gasteiger partial charge in [0.05, 0.1) is 2.74 Å². The number of aliphatic hydroxyl groups excluding tert-OH is 1. The van der Waals surface area contributed by atoms with Crippen LogP contribution in [0.5, 0.6) is 0 Å². The molecule has 3 heteroatoms. The van der Waals surface area contributed by atoms with Crippen LogP contribution < -0.4 is 0 Å². The molecule has 1 N–H and O–H groups in total. The molecule has 0 rings (SSSR count). The first-order chi connectivity index (χ1) is 6.52. The average Bonchev–Trinajstić information content (AvgIpc) is 1.96. The van der Waals surface area contributed by atoms with E-state index in [4.69, 9.17) is 12.3 Å². The number of hydrogen-bond donors (Lipinski definition) is 1. The third-order valence-electron chi connectivity index (χ3n) is 2.57. The minimum atomic E-state index is -2.05. The smallest absolute Gasteiger partial charge is 0.191 e. The van der Waals surface area contributed by atoms with Gasteiger partial charge in [-0.1, -0.05) is 20.8 Å². The second kappa shape index (κ2) is 5.13. The minimum Gasteiger partial charge on any atom is -0.417 e. The van der Waals surface area contributed by atoms with Gasteiger partial charge >= 0.3 is 0 Å². The van der Waals surface area contributed by atoms with Crippen molar-refractivity contribution in [2.24, 2.45) is 0 Å². The van der Waals surface area contributed by atoms with Gasteiger partial charge in [0.2, 0.25) is 0 Å². The molecule has 0 amide bonds. The standard InChI is InChI=1S/C10H24O2Si/c1-10(2,3)13(4,5)12-9-7-6-8-11/h11H,6-9H2,1-5H3/i9D2. The van der Waals surface area contributed by atoms with E-state index in [1.54, 1.807) is 0 Å². The molecule has 0 heterocycles. The van der Waals surface area contributed by atoms with Gasteiger partial charge in [-0.2, -0.15) is 0 Å². The largest absolute Gasteiger partial charge is 0.417 e. The molecule has 0 aliphatic carbocycles. The van der Waals surface area contributed by atoms with Crippen molar-refractivity contribution >= 4 is 8.32 Å². The van der Waals surface area contributed by atoms with Crippen molar-refractivity contribution in [3.05, 3.63) is 0 Å². The highest BCUT2D eigenvalue weighted by Crippen LogP contribution is 2.36. The molecule has 0 aromatic rings. The molecule has 2 nitrogen and oxygen atoms in total. The van der Waals surface area contributed by atoms with E-state index in [2.05, 4.69) is 20.8 Å². The van der Waals surface area contributed by atoms with Gasteiger partial charge < -0.3 is 9.53 Å². The maximum absolute atomic E-state index is 8.68. The lowest BCUT2D eigenvalue weighted by Gasteiger charge is -2.36. The molecule has 80 valence electrons. The van der Waals surface area contributed by atoms with E-state index in [0.717, 1.165) is 0 Å². The van der Waals surface area contributed by atoms with Crippen LogP contribution in [0.3, 0.4) is 0 Å². The Kier molecular flexibility index (Phi) is 3.82. The first-order valence-corrected chi connectivity index (χ1v) is 7.74. The Morgan fingerprint density at radius 1 is 1.31 bits per heavy atom. The van der Waals surface area contributed by atoms with Gasteiger partial charge in [0, 0.05) is 13.2 Å². The molecule has 0 aromatic carbocycles. The monoisotopic (exact) mass is 206 g/mol. The predicted octanol–water partition coefficient (Wildman–Crippen LogP) is 2.78. The zero-order valence-electron chi connectivity index (χ0n) is 11.5. The van der Waals surface area contributed by atoms with Crippen LogP contribution in [0.25, 0.3) is 0 Å². The highest BCUT2D eigenvalue weighted by molar-refractivity contribution is 6.74. The Labute approximate surface area is 86.2 Å². The fraction of sp³-hybridized carbons (Fsp3) is 1.00. The van der Waals surface area contributed by atoms with E-state index in [1.807, 2.05) is 13.1 Å². The second-order valence-electron chi connectivity index (χ2n) is 4.83. The number of rotatable bonds is 5. The summed E-state index contributed by atoms with van der Waals surface area (Å²) in [6.45, 7) is 8.73. The molecule has 0 spiro atoms. The lowest BCUT2D eigenvalue weighted by molar-refractivity contribution is 0.242. The van der Waals surface area contributed by atoms with Gasteiger partial charge in [-0.15, -0.1) is 0 Å². The molecular weight excluding hydrogens is 180 g/mol. The van der Waals surface area contributed by atoms with Gasteiger partial charge in [0.25, 0.3) is 0 Å². The van der Waals surface area contributed by atoms with Crippen molar-refractivity contribution in [1.29, 1.82) is 0 Å². The van der Waals surface area contributed by atoms with E-state index in [1.165, 1.54) is 0 Å². The summed E-state index contributed by atoms with van der Waals surface area (Å²) in [6, 6.07) is 0. The maximum atomic E-state index is 8.68. The Hall–Kier alpha value is 0.137. The van der Waals surface area contributed by atoms with Gasteiger partial charge in [0.1, 0.15) is 0 Å². The van der Waals surface area contributed by atoms with E-state index in [0.29, 0.717) is 6.42 Å². The third kappa shape index (κ3) is 4.79. The van der Waals surface area contributed by atoms with E-state index in [-0.39, 0.29) is 18.1 Å². The van der Waals surface area contributed by atoms with E-state index >= 15 is 0 Å². The fourth-order valence-corrected chi connectivity index (χ4v) is 1.30. The van der Waals surface area contributed by atoms with E-state index < -0.39 is 14.9 Å². The van der Waals surface area contributed by atoms with Gasteiger partial charge in [-0.3, -0.25) is 0 Å². The van der Waals surface area contributed by atoms with Crippen molar-refractivity contribution in [2.45, 2.75) is 51.7 Å². The molecule has 0 aromatic heterocycles. The summed E-state index contributed by atoms with van der Waals surface area (Å²) in [4.78, 5) is 0. The lowest BCUT2D eigenvalue weighted by atomic mass is 10.2. The predicted molar refractivity (Wildman–Crippen MR) is 59.5 cm³/mol. The van der Waals surface area contributed by atoms with Gasteiger partial charge in [-0.25, -0.2) is 0 Å². The summed E-state index contributed by atoms with van der Waals surface area (Å²) >= 11 is 0. The summed E-state index contributed by atoms with van der Waals surface area (Å²) < 4.78 is 21.1. The molecule has 0 aliphatic rings. The molecule has 0 bridgehead atoms. The second-order valence-corrected chi connectivity index (χ2v) is 9.56. The van der Waals surface area contributed by atoms with Crippen molar-refractivity contribution in [3.63, 3.8) is 0 Å². The summed E-state index contributed by atoms with van der Waals surface area (Å²) in [7, 11) is -2.05. The number of hydrogen-bond acceptors (Lipinski definition) is 2. The van der Waals surface area contributed by atoms with Crippen molar-refractivity contribution in [3.8, 4) is 0 Å². The van der Waals surface area contributed by atoms with Crippen LogP contribution in [0, 0.1) is 0 Å². The normalized spacial score (nSPS) is 16.8. The van der Waals surface area contributed by atoms with Gasteiger partial charge in [-0.05, 0) is 31.0 Å². The molecule has 0 radical (unpaired) electrons. The van der Waals surface area contributed by atoms with Crippen LogP contribution in [0.4, 0.5) is 0 Å². The van der Waals surface area contributed by atoms with Gasteiger partial charge in [0.15, 0.2) is 8.32 Å². The van der Waals surface area contributed by atoms with Crippen molar-refractivity contribution < 1.29 is 12.3 Å². The molecule has 0 aliphatic heterocycles. The van der Waals surface area contributed by atoms with E-state index in [9.17, 15) is 0 Å². The zero-order valence-corrected chi connectivity index (χ0v) is 10.5. The molecule has 0 fully saturated rings. The lowest BCUT2D eigenvalue weighted by Crippen LogP contribution is -2.40. The molecular formula is C10H24O2Si. The quantitative estimate of drug-likeness (QED) is 0.701. The summed E-state index contributed by atoms with van der Waals surface area (Å²) in [5.74, 6) is 0. The zero-order chi connectivity index (χ0) is 12.3. The fourth-order valence-electron chi connectivity index (χ4n) is 0.536. The third-order valence-corrected chi connectivity index (χ3v) is 6.84. The van der Waals surface area contributed by atoms with Crippen LogP contribution in [0.15, 0.2) is 0 Å². The van der Waals surface area contributed by atoms with Crippen LogP contribution >= 0.6 is 0 Å². The summed E-state index contributed by atoms with van der Waals surface area (Å²) in [5, 5.41) is 8.69. The minimum absolute atomic E-state index is 0.0135. The average molecular weight is 206 g/mol. The van der Waals surface area contributed by atoms with Crippen molar-refractivity contribution in [1.82, 2.24) is 0 Å². The maximum Gasteiger partial charge on any atom is 0.191 e.